The van der Waals surface area contributed by atoms with E-state index in [-0.39, 0.29) is 6.73 Å². The average molecular weight is 86.1 g/mol. The number of hydrogen-bond donors (Lipinski definition) is 0. The number of nitrogens with zero attached hydrogens (tertiary/aromatic N) is 4. The second-order valence-electron chi connectivity index (χ2n) is 0.660. The van der Waals surface area contributed by atoms with Gasteiger partial charge in [-0.15, -0.1) is 5.11 Å². The van der Waals surface area contributed by atoms with Gasteiger partial charge in [0.15, 0.2) is 0 Å². The molecule has 5 heteroatoms. The molecule has 0 N–H and O–H groups in total. The summed E-state index contributed by atoms with van der Waals surface area (Å²) in [5.74, 6) is 0. The van der Waals surface area contributed by atoms with E-state index in [1.165, 1.54) is 0 Å². The first-order chi connectivity index (χ1) is 3.00. The van der Waals surface area contributed by atoms with Crippen molar-refractivity contribution in [3.8, 4) is 0 Å². The number of rotatable bonds is 0. The molecular formula is CH2N4O. The lowest BCUT2D eigenvalue weighted by molar-refractivity contribution is 0.109. The predicted molar refractivity (Wildman–Crippen MR) is 15.7 cm³/mol. The third kappa shape index (κ3) is 0.480. The molecule has 0 unspecified atom stereocenters. The van der Waals surface area contributed by atoms with Gasteiger partial charge in [-0.3, -0.25) is 0 Å². The van der Waals surface area contributed by atoms with E-state index in [1.54, 1.807) is 0 Å². The van der Waals surface area contributed by atoms with Gasteiger partial charge < -0.3 is 4.84 Å². The summed E-state index contributed by atoms with van der Waals surface area (Å²) in [7, 11) is 0. The molecule has 0 aliphatic carbocycles. The molecule has 1 aliphatic rings. The summed E-state index contributed by atoms with van der Waals surface area (Å²) in [6.45, 7) is 0.198. The Labute approximate surface area is 33.7 Å². The van der Waals surface area contributed by atoms with Crippen LogP contribution in [-0.2, 0) is 4.84 Å². The first-order valence-corrected chi connectivity index (χ1v) is 1.39. The van der Waals surface area contributed by atoms with E-state index in [9.17, 15) is 0 Å². The Hall–Kier alpha value is -1.00. The van der Waals surface area contributed by atoms with Gasteiger partial charge in [-0.1, -0.05) is 0 Å². The first-order valence-electron chi connectivity index (χ1n) is 1.39. The van der Waals surface area contributed by atoms with Crippen LogP contribution in [0.5, 0.6) is 0 Å². The van der Waals surface area contributed by atoms with Crippen LogP contribution in [0.3, 0.4) is 0 Å². The lowest BCUT2D eigenvalue weighted by atomic mass is 11.4. The summed E-state index contributed by atoms with van der Waals surface area (Å²) < 4.78 is 0. The molecule has 1 heterocycles. The molecule has 1 rings (SSSR count). The zero-order valence-electron chi connectivity index (χ0n) is 2.90. The Morgan fingerprint density at radius 1 is 1.33 bits per heavy atom. The molecule has 0 saturated carbocycles. The highest BCUT2D eigenvalue weighted by Gasteiger charge is 1.80. The minimum Gasteiger partial charge on any atom is -0.352 e. The second-order valence-corrected chi connectivity index (χ2v) is 0.660. The molecule has 0 aromatic carbocycles. The molecule has 0 aromatic rings. The van der Waals surface area contributed by atoms with Crippen molar-refractivity contribution in [1.82, 2.24) is 0 Å². The van der Waals surface area contributed by atoms with Gasteiger partial charge >= 0.3 is 0 Å². The maximum Gasteiger partial charge on any atom is 0.230 e. The highest BCUT2D eigenvalue weighted by molar-refractivity contribution is 4.16. The van der Waals surface area contributed by atoms with E-state index in [4.69, 9.17) is 0 Å². The Kier molecular flexibility index (Phi) is 0.768. The molecule has 5 nitrogen and oxygen atoms in total. The lowest BCUT2D eigenvalue weighted by Crippen LogP contribution is -1.81. The van der Waals surface area contributed by atoms with Gasteiger partial charge in [0.1, 0.15) is 0 Å². The molecular weight excluding hydrogens is 84.0 g/mol. The fraction of sp³-hybridized carbons (Fsp3) is 1.00. The summed E-state index contributed by atoms with van der Waals surface area (Å²) in [5.41, 5.74) is 0. The van der Waals surface area contributed by atoms with Crippen molar-refractivity contribution in [1.29, 1.82) is 0 Å². The standard InChI is InChI=1S/CH2N4O/c1-2-3-4-5-6-1/h1H2. The molecule has 0 aromatic heterocycles. The molecule has 0 atom stereocenters. The van der Waals surface area contributed by atoms with Crippen molar-refractivity contribution < 1.29 is 4.84 Å². The van der Waals surface area contributed by atoms with Crippen LogP contribution in [0.15, 0.2) is 20.8 Å². The normalized spacial score (nSPS) is 17.3. The van der Waals surface area contributed by atoms with Crippen molar-refractivity contribution in [3.05, 3.63) is 0 Å². The van der Waals surface area contributed by atoms with E-state index in [1.807, 2.05) is 0 Å². The predicted octanol–water partition coefficient (Wildman–Crippen LogP) is 0.709. The molecule has 6 heavy (non-hydrogen) atoms. The van der Waals surface area contributed by atoms with Crippen LogP contribution in [0.4, 0.5) is 0 Å². The van der Waals surface area contributed by atoms with Crippen LogP contribution < -0.4 is 0 Å². The first kappa shape index (κ1) is 3.20. The monoisotopic (exact) mass is 86.0 g/mol. The van der Waals surface area contributed by atoms with Gasteiger partial charge in [-0.2, -0.15) is 0 Å². The summed E-state index contributed by atoms with van der Waals surface area (Å²) in [5, 5.41) is 12.5. The number of hydrogen-bond acceptors (Lipinski definition) is 5. The zero-order chi connectivity index (χ0) is 4.24. The van der Waals surface area contributed by atoms with Crippen LogP contribution in [0.2, 0.25) is 0 Å². The molecule has 0 spiro atoms. The fourth-order valence-electron chi connectivity index (χ4n) is 0.148. The molecule has 0 saturated heterocycles. The van der Waals surface area contributed by atoms with Crippen molar-refractivity contribution in [2.24, 2.45) is 20.8 Å². The molecule has 0 fully saturated rings. The Bertz CT molecular complexity index is 73.5. The van der Waals surface area contributed by atoms with Gasteiger partial charge in [0, 0.05) is 5.22 Å². The SMILES string of the molecule is C1N=NN=NO1. The van der Waals surface area contributed by atoms with Crippen LogP contribution >= 0.6 is 0 Å². The van der Waals surface area contributed by atoms with Crippen molar-refractivity contribution in [2.75, 3.05) is 6.73 Å². The van der Waals surface area contributed by atoms with Crippen LogP contribution in [0.25, 0.3) is 0 Å². The van der Waals surface area contributed by atoms with Crippen LogP contribution in [0.1, 0.15) is 0 Å². The van der Waals surface area contributed by atoms with Crippen LogP contribution in [0, 0.1) is 0 Å². The van der Waals surface area contributed by atoms with Gasteiger partial charge in [-0.25, -0.2) is 0 Å². The van der Waals surface area contributed by atoms with E-state index in [0.29, 0.717) is 0 Å². The second kappa shape index (κ2) is 1.44. The molecule has 0 radical (unpaired) electrons. The van der Waals surface area contributed by atoms with E-state index >= 15 is 0 Å². The minimum absolute atomic E-state index is 0.198. The van der Waals surface area contributed by atoms with Gasteiger partial charge in [0.25, 0.3) is 0 Å². The Morgan fingerprint density at radius 3 is 2.50 bits per heavy atom. The Balaban J connectivity index is 2.46. The molecule has 1 aliphatic heterocycles. The lowest BCUT2D eigenvalue weighted by Gasteiger charge is -1.88. The topological polar surface area (TPSA) is 58.7 Å². The average Bonchev–Trinajstić information content (AvgIpc) is 1.72. The fourth-order valence-corrected chi connectivity index (χ4v) is 0.148. The van der Waals surface area contributed by atoms with E-state index < -0.39 is 0 Å². The highest BCUT2D eigenvalue weighted by atomic mass is 16.7. The van der Waals surface area contributed by atoms with Gasteiger partial charge in [0.05, 0.1) is 5.28 Å². The van der Waals surface area contributed by atoms with Crippen molar-refractivity contribution >= 4 is 0 Å². The largest absolute Gasteiger partial charge is 0.352 e. The third-order valence-corrected chi connectivity index (χ3v) is 0.313. The summed E-state index contributed by atoms with van der Waals surface area (Å²) >= 11 is 0. The third-order valence-electron chi connectivity index (χ3n) is 0.313. The summed E-state index contributed by atoms with van der Waals surface area (Å²) in [6, 6.07) is 0. The minimum atomic E-state index is 0.198. The summed E-state index contributed by atoms with van der Waals surface area (Å²) in [6.07, 6.45) is 0. The quantitative estimate of drug-likeness (QED) is 0.428. The maximum atomic E-state index is 4.27. The molecule has 0 bridgehead atoms. The van der Waals surface area contributed by atoms with Gasteiger partial charge in [-0.05, 0) is 5.22 Å². The van der Waals surface area contributed by atoms with Crippen molar-refractivity contribution in [2.45, 2.75) is 0 Å². The van der Waals surface area contributed by atoms with Crippen molar-refractivity contribution in [3.63, 3.8) is 0 Å². The zero-order valence-corrected chi connectivity index (χ0v) is 2.90. The highest BCUT2D eigenvalue weighted by Crippen LogP contribution is 1.89. The van der Waals surface area contributed by atoms with E-state index in [0.717, 1.165) is 0 Å². The Morgan fingerprint density at radius 2 is 2.33 bits per heavy atom. The molecule has 0 amide bonds. The van der Waals surface area contributed by atoms with Crippen LogP contribution in [-0.4, -0.2) is 6.73 Å². The molecule has 32 valence electrons. The smallest absolute Gasteiger partial charge is 0.230 e. The van der Waals surface area contributed by atoms with E-state index in [2.05, 4.69) is 25.7 Å². The van der Waals surface area contributed by atoms with Gasteiger partial charge in [0.2, 0.25) is 6.73 Å². The maximum absolute atomic E-state index is 4.27. The summed E-state index contributed by atoms with van der Waals surface area (Å²) in [4.78, 5) is 4.27.